The first-order chi connectivity index (χ1) is 14.7. The van der Waals surface area contributed by atoms with Crippen LogP contribution >= 0.6 is 0 Å². The van der Waals surface area contributed by atoms with Gasteiger partial charge in [0.15, 0.2) is 0 Å². The summed E-state index contributed by atoms with van der Waals surface area (Å²) in [5.41, 5.74) is 7.69. The van der Waals surface area contributed by atoms with Crippen molar-refractivity contribution in [3.63, 3.8) is 0 Å². The molecule has 9 nitrogen and oxygen atoms in total. The molecule has 0 radical (unpaired) electrons. The van der Waals surface area contributed by atoms with Crippen molar-refractivity contribution in [3.05, 3.63) is 29.3 Å². The Labute approximate surface area is 183 Å². The number of anilines is 2. The molecule has 0 atom stereocenters. The van der Waals surface area contributed by atoms with Crippen molar-refractivity contribution in [2.75, 3.05) is 17.6 Å². The third kappa shape index (κ3) is 4.86. The van der Waals surface area contributed by atoms with Crippen LogP contribution in [0.25, 0.3) is 0 Å². The summed E-state index contributed by atoms with van der Waals surface area (Å²) in [7, 11) is 0. The topological polar surface area (TPSA) is 119 Å². The Hall–Kier alpha value is -2.97. The normalized spacial score (nSPS) is 15.6. The number of nitrogens with one attached hydrogen (secondary N) is 1. The van der Waals surface area contributed by atoms with Gasteiger partial charge in [-0.1, -0.05) is 56.4 Å². The molecule has 1 aromatic heterocycles. The van der Waals surface area contributed by atoms with Crippen LogP contribution in [-0.2, 0) is 16.1 Å². The zero-order chi connectivity index (χ0) is 22.6. The van der Waals surface area contributed by atoms with E-state index in [0.29, 0.717) is 19.4 Å². The molecular formula is C22H33N7O2. The maximum atomic E-state index is 13.8. The van der Waals surface area contributed by atoms with E-state index < -0.39 is 5.54 Å². The number of aromatic nitrogens is 4. The van der Waals surface area contributed by atoms with Crippen molar-refractivity contribution in [1.82, 2.24) is 25.1 Å². The Morgan fingerprint density at radius 1 is 1.19 bits per heavy atom. The largest absolute Gasteiger partial charge is 0.367 e. The quantitative estimate of drug-likeness (QED) is 0.701. The molecular weight excluding hydrogens is 394 g/mol. The molecule has 1 saturated carbocycles. The number of nitrogens with two attached hydrogens (primary N) is 1. The first kappa shape index (κ1) is 22.7. The number of amides is 2. The number of carbonyl (C=O) groups excluding carboxylic acids is 2. The van der Waals surface area contributed by atoms with E-state index in [1.165, 1.54) is 4.68 Å². The summed E-state index contributed by atoms with van der Waals surface area (Å²) in [5, 5.41) is 14.1. The molecule has 0 bridgehead atoms. The van der Waals surface area contributed by atoms with E-state index in [9.17, 15) is 9.59 Å². The number of benzene rings is 1. The van der Waals surface area contributed by atoms with Crippen molar-refractivity contribution >= 4 is 23.5 Å². The summed E-state index contributed by atoms with van der Waals surface area (Å²) in [5.74, 6) is -0.0490. The molecule has 0 saturated heterocycles. The predicted molar refractivity (Wildman–Crippen MR) is 119 cm³/mol. The minimum Gasteiger partial charge on any atom is -0.367 e. The van der Waals surface area contributed by atoms with Crippen LogP contribution in [0.3, 0.4) is 0 Å². The van der Waals surface area contributed by atoms with E-state index in [2.05, 4.69) is 20.8 Å². The second kappa shape index (κ2) is 9.45. The second-order valence-corrected chi connectivity index (χ2v) is 8.91. The Morgan fingerprint density at radius 3 is 2.39 bits per heavy atom. The minimum absolute atomic E-state index is 0.0792. The number of hydrogen-bond donors (Lipinski definition) is 2. The number of hydrogen-bond acceptors (Lipinski definition) is 6. The van der Waals surface area contributed by atoms with E-state index >= 15 is 0 Å². The zero-order valence-corrected chi connectivity index (χ0v) is 18.9. The molecule has 2 aromatic rings. The number of tetrazole rings is 1. The van der Waals surface area contributed by atoms with Crippen LogP contribution in [0.1, 0.15) is 57.1 Å². The maximum absolute atomic E-state index is 13.8. The average Bonchev–Trinajstić information content (AvgIpc) is 3.13. The lowest BCUT2D eigenvalue weighted by atomic mass is 9.78. The van der Waals surface area contributed by atoms with Crippen molar-refractivity contribution in [1.29, 1.82) is 0 Å². The molecule has 1 fully saturated rings. The molecule has 168 valence electrons. The molecule has 2 amide bonds. The van der Waals surface area contributed by atoms with E-state index in [4.69, 9.17) is 5.73 Å². The Morgan fingerprint density at radius 2 is 1.84 bits per heavy atom. The van der Waals surface area contributed by atoms with E-state index in [1.54, 1.807) is 4.90 Å². The molecule has 1 aliphatic rings. The van der Waals surface area contributed by atoms with Crippen LogP contribution in [0.15, 0.2) is 18.2 Å². The standard InChI is InChI=1S/C22H33N7O2/c1-15(2)13-28(18(30)14-29-21(23)25-26-27-29)22(11-6-5-7-12-22)20(31)24-19-16(3)9-8-10-17(19)4/h8-10,15H,5-7,11-14H2,1-4H3,(H,24,31)(H2,23,25,27). The molecule has 3 N–H and O–H groups in total. The van der Waals surface area contributed by atoms with Gasteiger partial charge in [0.1, 0.15) is 12.1 Å². The van der Waals surface area contributed by atoms with Crippen molar-refractivity contribution in [3.8, 4) is 0 Å². The molecule has 0 spiro atoms. The third-order valence-electron chi connectivity index (χ3n) is 6.03. The number of carbonyl (C=O) groups is 2. The number of nitrogens with zero attached hydrogens (tertiary/aromatic N) is 5. The fourth-order valence-electron chi connectivity index (χ4n) is 4.42. The monoisotopic (exact) mass is 427 g/mol. The van der Waals surface area contributed by atoms with Crippen LogP contribution in [0.4, 0.5) is 11.6 Å². The molecule has 1 heterocycles. The molecule has 3 rings (SSSR count). The van der Waals surface area contributed by atoms with Crippen LogP contribution in [-0.4, -0.2) is 49.0 Å². The second-order valence-electron chi connectivity index (χ2n) is 8.91. The summed E-state index contributed by atoms with van der Waals surface area (Å²) in [4.78, 5) is 29.0. The summed E-state index contributed by atoms with van der Waals surface area (Å²) in [6.07, 6.45) is 4.12. The summed E-state index contributed by atoms with van der Waals surface area (Å²) in [6, 6.07) is 5.93. The summed E-state index contributed by atoms with van der Waals surface area (Å²) >= 11 is 0. The van der Waals surface area contributed by atoms with Crippen LogP contribution in [0.2, 0.25) is 0 Å². The number of rotatable bonds is 7. The Kier molecular flexibility index (Phi) is 6.92. The van der Waals surface area contributed by atoms with Crippen molar-refractivity contribution in [2.45, 2.75) is 71.9 Å². The molecule has 1 aromatic carbocycles. The van der Waals surface area contributed by atoms with Gasteiger partial charge in [-0.25, -0.2) is 4.68 Å². The van der Waals surface area contributed by atoms with Gasteiger partial charge >= 0.3 is 0 Å². The predicted octanol–water partition coefficient (Wildman–Crippen LogP) is 2.70. The first-order valence-corrected chi connectivity index (χ1v) is 10.9. The van der Waals surface area contributed by atoms with Gasteiger partial charge in [0.2, 0.25) is 17.8 Å². The molecule has 9 heteroatoms. The van der Waals surface area contributed by atoms with Crippen LogP contribution in [0, 0.1) is 19.8 Å². The SMILES string of the molecule is Cc1cccc(C)c1NC(=O)C1(N(CC(C)C)C(=O)Cn2nnnc2N)CCCCC1. The fourth-order valence-corrected chi connectivity index (χ4v) is 4.42. The highest BCUT2D eigenvalue weighted by Crippen LogP contribution is 2.36. The highest BCUT2D eigenvalue weighted by molar-refractivity contribution is 6.01. The van der Waals surface area contributed by atoms with Crippen LogP contribution in [0.5, 0.6) is 0 Å². The van der Waals surface area contributed by atoms with E-state index in [-0.39, 0.29) is 30.2 Å². The maximum Gasteiger partial charge on any atom is 0.250 e. The van der Waals surface area contributed by atoms with Crippen molar-refractivity contribution in [2.24, 2.45) is 5.92 Å². The Balaban J connectivity index is 1.96. The van der Waals surface area contributed by atoms with Gasteiger partial charge in [0, 0.05) is 12.2 Å². The van der Waals surface area contributed by atoms with Crippen LogP contribution < -0.4 is 11.1 Å². The third-order valence-corrected chi connectivity index (χ3v) is 6.03. The summed E-state index contributed by atoms with van der Waals surface area (Å²) < 4.78 is 1.27. The van der Waals surface area contributed by atoms with Crippen molar-refractivity contribution < 1.29 is 9.59 Å². The van der Waals surface area contributed by atoms with Gasteiger partial charge in [-0.2, -0.15) is 0 Å². The lowest BCUT2D eigenvalue weighted by Crippen LogP contribution is -2.61. The molecule has 0 unspecified atom stereocenters. The average molecular weight is 428 g/mol. The van der Waals surface area contributed by atoms with Gasteiger partial charge < -0.3 is 16.0 Å². The number of aryl methyl sites for hydroxylation is 2. The van der Waals surface area contributed by atoms with Gasteiger partial charge in [-0.05, 0) is 54.2 Å². The first-order valence-electron chi connectivity index (χ1n) is 10.9. The molecule has 1 aliphatic carbocycles. The minimum atomic E-state index is -0.906. The van der Waals surface area contributed by atoms with E-state index in [1.807, 2.05) is 45.9 Å². The van der Waals surface area contributed by atoms with Gasteiger partial charge in [-0.3, -0.25) is 9.59 Å². The highest BCUT2D eigenvalue weighted by atomic mass is 16.2. The lowest BCUT2D eigenvalue weighted by Gasteiger charge is -2.46. The molecule has 0 aliphatic heterocycles. The van der Waals surface area contributed by atoms with Gasteiger partial charge in [0.25, 0.3) is 0 Å². The zero-order valence-electron chi connectivity index (χ0n) is 18.9. The van der Waals surface area contributed by atoms with Gasteiger partial charge in [0.05, 0.1) is 0 Å². The number of para-hydroxylation sites is 1. The molecule has 31 heavy (non-hydrogen) atoms. The summed E-state index contributed by atoms with van der Waals surface area (Å²) in [6.45, 7) is 8.43. The highest BCUT2D eigenvalue weighted by Gasteiger charge is 2.47. The van der Waals surface area contributed by atoms with E-state index in [0.717, 1.165) is 36.1 Å². The van der Waals surface area contributed by atoms with Gasteiger partial charge in [-0.15, -0.1) is 0 Å². The smallest absolute Gasteiger partial charge is 0.250 e. The fraction of sp³-hybridized carbons (Fsp3) is 0.591. The Bertz CT molecular complexity index is 911. The number of nitrogen functional groups attached to an aromatic ring is 1. The lowest BCUT2D eigenvalue weighted by molar-refractivity contribution is -0.149.